The van der Waals surface area contributed by atoms with Crippen LogP contribution in [-0.2, 0) is 6.54 Å². The van der Waals surface area contributed by atoms with E-state index in [1.165, 1.54) is 23.5 Å². The lowest BCUT2D eigenvalue weighted by molar-refractivity contribution is 0.102. The molecule has 1 aromatic carbocycles. The van der Waals surface area contributed by atoms with Gasteiger partial charge in [0.15, 0.2) is 0 Å². The summed E-state index contributed by atoms with van der Waals surface area (Å²) in [4.78, 5) is 22.4. The number of amides is 1. The summed E-state index contributed by atoms with van der Waals surface area (Å²) in [5.41, 5.74) is 4.00. The molecule has 6 heteroatoms. The summed E-state index contributed by atoms with van der Waals surface area (Å²) in [6.45, 7) is 7.27. The first-order valence-electron chi connectivity index (χ1n) is 10.6. The first kappa shape index (κ1) is 20.2. The number of rotatable bonds is 5. The highest BCUT2D eigenvalue weighted by atomic mass is 32.2. The van der Waals surface area contributed by atoms with E-state index in [9.17, 15) is 4.79 Å². The van der Waals surface area contributed by atoms with Gasteiger partial charge >= 0.3 is 0 Å². The van der Waals surface area contributed by atoms with Crippen molar-refractivity contribution in [1.29, 1.82) is 0 Å². The molecule has 154 valence electrons. The molecule has 0 unspecified atom stereocenters. The Morgan fingerprint density at radius 2 is 1.86 bits per heavy atom. The summed E-state index contributed by atoms with van der Waals surface area (Å²) in [6.07, 6.45) is 5.36. The molecule has 0 bridgehead atoms. The fourth-order valence-electron chi connectivity index (χ4n) is 4.11. The van der Waals surface area contributed by atoms with E-state index in [4.69, 9.17) is 0 Å². The highest BCUT2D eigenvalue weighted by molar-refractivity contribution is 7.99. The number of anilines is 2. The average molecular weight is 411 g/mol. The van der Waals surface area contributed by atoms with Gasteiger partial charge in [-0.05, 0) is 55.5 Å². The largest absolute Gasteiger partial charge is 0.356 e. The molecule has 3 heterocycles. The number of carbonyl (C=O) groups is 1. The van der Waals surface area contributed by atoms with Gasteiger partial charge in [-0.15, -0.1) is 0 Å². The second-order valence-electron chi connectivity index (χ2n) is 7.85. The van der Waals surface area contributed by atoms with E-state index in [-0.39, 0.29) is 5.91 Å². The highest BCUT2D eigenvalue weighted by Crippen LogP contribution is 2.25. The van der Waals surface area contributed by atoms with Crippen LogP contribution >= 0.6 is 11.8 Å². The predicted molar refractivity (Wildman–Crippen MR) is 122 cm³/mol. The van der Waals surface area contributed by atoms with E-state index in [1.54, 1.807) is 6.20 Å². The quantitative estimate of drug-likeness (QED) is 0.801. The van der Waals surface area contributed by atoms with Crippen molar-refractivity contribution in [2.75, 3.05) is 47.9 Å². The molecule has 0 aliphatic carbocycles. The zero-order valence-electron chi connectivity index (χ0n) is 17.2. The molecule has 1 N–H and O–H groups in total. The van der Waals surface area contributed by atoms with Gasteiger partial charge in [-0.1, -0.05) is 12.1 Å². The Labute approximate surface area is 177 Å². The Morgan fingerprint density at radius 3 is 2.66 bits per heavy atom. The van der Waals surface area contributed by atoms with Crippen molar-refractivity contribution in [3.63, 3.8) is 0 Å². The molecule has 1 aromatic heterocycles. The number of pyridine rings is 1. The second-order valence-corrected chi connectivity index (χ2v) is 9.08. The first-order chi connectivity index (χ1) is 14.2. The summed E-state index contributed by atoms with van der Waals surface area (Å²) in [5, 5.41) is 3.16. The molecule has 1 amide bonds. The highest BCUT2D eigenvalue weighted by Gasteiger charge is 2.20. The van der Waals surface area contributed by atoms with Gasteiger partial charge in [0.2, 0.25) is 0 Å². The summed E-state index contributed by atoms with van der Waals surface area (Å²) in [5.74, 6) is 3.14. The summed E-state index contributed by atoms with van der Waals surface area (Å²) >= 11 is 2.03. The Balaban J connectivity index is 1.51. The van der Waals surface area contributed by atoms with E-state index >= 15 is 0 Å². The lowest BCUT2D eigenvalue weighted by Crippen LogP contribution is -2.32. The van der Waals surface area contributed by atoms with Crippen LogP contribution < -0.4 is 10.2 Å². The van der Waals surface area contributed by atoms with Crippen LogP contribution in [0.1, 0.15) is 40.7 Å². The number of carbonyl (C=O) groups excluding carboxylic acids is 1. The standard InChI is InChI=1S/C23H30N4OS/c1-18-19(17-26-13-15-29-16-14-26)7-5-9-21(18)25-23(28)20-8-6-10-24-22(20)27-11-3-2-4-12-27/h5-10H,2-4,11-17H2,1H3,(H,25,28). The third-order valence-corrected chi connectivity index (χ3v) is 6.82. The zero-order valence-corrected chi connectivity index (χ0v) is 18.0. The Bertz CT molecular complexity index is 845. The molecule has 29 heavy (non-hydrogen) atoms. The van der Waals surface area contributed by atoms with Gasteiger partial charge < -0.3 is 10.2 Å². The molecule has 0 atom stereocenters. The van der Waals surface area contributed by atoms with E-state index < -0.39 is 0 Å². The first-order valence-corrected chi connectivity index (χ1v) is 11.8. The third-order valence-electron chi connectivity index (χ3n) is 5.88. The number of nitrogens with one attached hydrogen (secondary N) is 1. The summed E-state index contributed by atoms with van der Waals surface area (Å²) < 4.78 is 0. The molecule has 0 spiro atoms. The van der Waals surface area contributed by atoms with Gasteiger partial charge in [0, 0.05) is 56.1 Å². The maximum atomic E-state index is 13.1. The van der Waals surface area contributed by atoms with Gasteiger partial charge in [-0.25, -0.2) is 4.98 Å². The third kappa shape index (κ3) is 4.93. The lowest BCUT2D eigenvalue weighted by atomic mass is 10.1. The van der Waals surface area contributed by atoms with Crippen molar-refractivity contribution in [2.24, 2.45) is 0 Å². The van der Waals surface area contributed by atoms with Crippen molar-refractivity contribution in [1.82, 2.24) is 9.88 Å². The molecule has 2 aliphatic heterocycles. The maximum absolute atomic E-state index is 13.1. The van der Waals surface area contributed by atoms with Crippen LogP contribution in [0.4, 0.5) is 11.5 Å². The van der Waals surface area contributed by atoms with Gasteiger partial charge in [0.25, 0.3) is 5.91 Å². The second kappa shape index (κ2) is 9.63. The minimum absolute atomic E-state index is 0.0757. The fourth-order valence-corrected chi connectivity index (χ4v) is 5.09. The van der Waals surface area contributed by atoms with Crippen LogP contribution in [0.25, 0.3) is 0 Å². The number of benzene rings is 1. The summed E-state index contributed by atoms with van der Waals surface area (Å²) in [7, 11) is 0. The van der Waals surface area contributed by atoms with Crippen LogP contribution in [0.15, 0.2) is 36.5 Å². The van der Waals surface area contributed by atoms with Gasteiger partial charge in [0.05, 0.1) is 5.56 Å². The fraction of sp³-hybridized carbons (Fsp3) is 0.478. The smallest absolute Gasteiger partial charge is 0.259 e. The molecule has 4 rings (SSSR count). The van der Waals surface area contributed by atoms with Crippen LogP contribution in [0.5, 0.6) is 0 Å². The molecule has 2 fully saturated rings. The topological polar surface area (TPSA) is 48.5 Å². The van der Waals surface area contributed by atoms with E-state index in [0.29, 0.717) is 5.56 Å². The van der Waals surface area contributed by atoms with Crippen molar-refractivity contribution in [3.8, 4) is 0 Å². The number of piperidine rings is 1. The molecule has 0 radical (unpaired) electrons. The Hall–Kier alpha value is -2.05. The van der Waals surface area contributed by atoms with Crippen LogP contribution in [-0.4, -0.2) is 53.5 Å². The average Bonchev–Trinajstić information content (AvgIpc) is 2.78. The maximum Gasteiger partial charge on any atom is 0.259 e. The van der Waals surface area contributed by atoms with Gasteiger partial charge in [0.1, 0.15) is 5.82 Å². The van der Waals surface area contributed by atoms with Gasteiger partial charge in [-0.3, -0.25) is 9.69 Å². The minimum Gasteiger partial charge on any atom is -0.356 e. The molecule has 2 aliphatic rings. The van der Waals surface area contributed by atoms with Crippen molar-refractivity contribution in [2.45, 2.75) is 32.7 Å². The van der Waals surface area contributed by atoms with Crippen LogP contribution in [0.2, 0.25) is 0 Å². The lowest BCUT2D eigenvalue weighted by Gasteiger charge is -2.29. The molecule has 2 saturated heterocycles. The molecule has 5 nitrogen and oxygen atoms in total. The number of aromatic nitrogens is 1. The predicted octanol–water partition coefficient (Wildman–Crippen LogP) is 4.18. The molecule has 2 aromatic rings. The number of thioether (sulfide) groups is 1. The normalized spacial score (nSPS) is 17.9. The van der Waals surface area contributed by atoms with Crippen LogP contribution in [0, 0.1) is 6.92 Å². The van der Waals surface area contributed by atoms with E-state index in [1.807, 2.05) is 36.0 Å². The number of hydrogen-bond donors (Lipinski definition) is 1. The van der Waals surface area contributed by atoms with E-state index in [2.05, 4.69) is 33.1 Å². The molecular weight excluding hydrogens is 380 g/mol. The number of nitrogens with zero attached hydrogens (tertiary/aromatic N) is 3. The minimum atomic E-state index is -0.0757. The molecular formula is C23H30N4OS. The number of hydrogen-bond acceptors (Lipinski definition) is 5. The van der Waals surface area contributed by atoms with Crippen molar-refractivity contribution in [3.05, 3.63) is 53.2 Å². The van der Waals surface area contributed by atoms with Gasteiger partial charge in [-0.2, -0.15) is 11.8 Å². The SMILES string of the molecule is Cc1c(CN2CCSCC2)cccc1NC(=O)c1cccnc1N1CCCCC1. The summed E-state index contributed by atoms with van der Waals surface area (Å²) in [6, 6.07) is 9.96. The zero-order chi connectivity index (χ0) is 20.1. The molecule has 0 saturated carbocycles. The van der Waals surface area contributed by atoms with Crippen LogP contribution in [0.3, 0.4) is 0 Å². The monoisotopic (exact) mass is 410 g/mol. The Morgan fingerprint density at radius 1 is 1.07 bits per heavy atom. The van der Waals surface area contributed by atoms with E-state index in [0.717, 1.165) is 62.6 Å². The van der Waals surface area contributed by atoms with Crippen molar-refractivity contribution >= 4 is 29.2 Å². The van der Waals surface area contributed by atoms with Crippen molar-refractivity contribution < 1.29 is 4.79 Å². The Kier molecular flexibility index (Phi) is 6.72.